The minimum absolute atomic E-state index is 0.00286. The van der Waals surface area contributed by atoms with E-state index in [0.717, 1.165) is 18.3 Å². The van der Waals surface area contributed by atoms with Crippen LogP contribution in [0.4, 0.5) is 35.0 Å². The van der Waals surface area contributed by atoms with Gasteiger partial charge in [0.05, 0.1) is 11.3 Å². The molecule has 0 radical (unpaired) electrons. The summed E-state index contributed by atoms with van der Waals surface area (Å²) in [5, 5.41) is 5.38. The molecule has 3 N–H and O–H groups in total. The molecule has 7 nitrogen and oxygen atoms in total. The summed E-state index contributed by atoms with van der Waals surface area (Å²) in [5.41, 5.74) is -0.675. The first kappa shape index (κ1) is 22.4. The van der Waals surface area contributed by atoms with Crippen LogP contribution in [0.25, 0.3) is 0 Å². The van der Waals surface area contributed by atoms with Crippen molar-refractivity contribution in [2.24, 2.45) is 0 Å². The number of amides is 2. The predicted molar refractivity (Wildman–Crippen MR) is 110 cm³/mol. The monoisotopic (exact) mass is 470 g/mol. The number of urea groups is 1. The normalized spacial score (nSPS) is 11.6. The summed E-state index contributed by atoms with van der Waals surface area (Å²) in [6, 6.07) is 10.4. The van der Waals surface area contributed by atoms with Gasteiger partial charge in [-0.05, 0) is 48.5 Å². The molecule has 2 aromatic carbocycles. The van der Waals surface area contributed by atoms with Crippen LogP contribution in [0.1, 0.15) is 5.56 Å². The highest BCUT2D eigenvalue weighted by molar-refractivity contribution is 7.90. The number of rotatable bonds is 5. The quantitative estimate of drug-likeness (QED) is 0.487. The molecule has 162 valence electrons. The van der Waals surface area contributed by atoms with E-state index in [1.807, 2.05) is 4.72 Å². The highest BCUT2D eigenvalue weighted by Crippen LogP contribution is 2.32. The van der Waals surface area contributed by atoms with E-state index in [-0.39, 0.29) is 11.4 Å². The first-order valence-corrected chi connectivity index (χ1v) is 10.4. The largest absolute Gasteiger partial charge is 0.416 e. The minimum atomic E-state index is -4.56. The van der Waals surface area contributed by atoms with Crippen molar-refractivity contribution in [2.45, 2.75) is 11.1 Å². The van der Waals surface area contributed by atoms with Gasteiger partial charge >= 0.3 is 12.2 Å². The second-order valence-electron chi connectivity index (χ2n) is 6.14. The summed E-state index contributed by atoms with van der Waals surface area (Å²) in [7, 11) is -4.41. The number of alkyl halides is 3. The van der Waals surface area contributed by atoms with Gasteiger partial charge in [-0.2, -0.15) is 13.2 Å². The molecular weight excluding hydrogens is 457 g/mol. The molecule has 0 saturated carbocycles. The maximum atomic E-state index is 12.9. The van der Waals surface area contributed by atoms with Crippen molar-refractivity contribution >= 4 is 44.7 Å². The van der Waals surface area contributed by atoms with Crippen LogP contribution in [0, 0.1) is 0 Å². The molecular formula is C19H14ClF3N4O3S. The second kappa shape index (κ2) is 8.82. The molecule has 2 amide bonds. The third-order valence-electron chi connectivity index (χ3n) is 3.87. The van der Waals surface area contributed by atoms with Crippen molar-refractivity contribution < 1.29 is 26.4 Å². The number of halogens is 4. The number of pyridine rings is 1. The van der Waals surface area contributed by atoms with Gasteiger partial charge in [0.25, 0.3) is 10.0 Å². The van der Waals surface area contributed by atoms with E-state index in [4.69, 9.17) is 11.6 Å². The molecule has 0 unspecified atom stereocenters. The standard InChI is InChI=1S/C19H14ClF3N4O3S/c20-13-4-6-14(7-5-13)26-18(28)27-31(29,30)17-11-24-9-8-16(17)25-15-3-1-2-12(10-15)19(21,22)23/h1-11H,(H,24,25)(H2,26,27,28). The number of nitrogens with zero attached hydrogens (tertiary/aromatic N) is 1. The molecule has 0 atom stereocenters. The lowest BCUT2D eigenvalue weighted by molar-refractivity contribution is -0.137. The lowest BCUT2D eigenvalue weighted by atomic mass is 10.2. The third-order valence-corrected chi connectivity index (χ3v) is 5.48. The van der Waals surface area contributed by atoms with Gasteiger partial charge in [-0.3, -0.25) is 4.98 Å². The zero-order valence-electron chi connectivity index (χ0n) is 15.4. The average Bonchev–Trinajstić information content (AvgIpc) is 2.69. The zero-order valence-corrected chi connectivity index (χ0v) is 17.0. The van der Waals surface area contributed by atoms with Crippen molar-refractivity contribution in [3.8, 4) is 0 Å². The topological polar surface area (TPSA) is 100 Å². The van der Waals surface area contributed by atoms with E-state index in [1.165, 1.54) is 48.7 Å². The summed E-state index contributed by atoms with van der Waals surface area (Å²) >= 11 is 5.75. The van der Waals surface area contributed by atoms with E-state index in [0.29, 0.717) is 10.7 Å². The summed E-state index contributed by atoms with van der Waals surface area (Å²) in [4.78, 5) is 15.4. The SMILES string of the molecule is O=C(Nc1ccc(Cl)cc1)NS(=O)(=O)c1cnccc1Nc1cccc(C(F)(F)F)c1. The maximum absolute atomic E-state index is 12.9. The van der Waals surface area contributed by atoms with Gasteiger partial charge in [0.1, 0.15) is 4.90 Å². The van der Waals surface area contributed by atoms with Gasteiger partial charge in [0.15, 0.2) is 0 Å². The van der Waals surface area contributed by atoms with E-state index in [2.05, 4.69) is 15.6 Å². The van der Waals surface area contributed by atoms with E-state index in [9.17, 15) is 26.4 Å². The Balaban J connectivity index is 1.81. The van der Waals surface area contributed by atoms with Crippen molar-refractivity contribution in [3.05, 3.63) is 77.6 Å². The van der Waals surface area contributed by atoms with Crippen LogP contribution < -0.4 is 15.4 Å². The second-order valence-corrected chi connectivity index (χ2v) is 8.23. The Morgan fingerprint density at radius 1 is 1.00 bits per heavy atom. The van der Waals surface area contributed by atoms with Crippen LogP contribution >= 0.6 is 11.6 Å². The Morgan fingerprint density at radius 3 is 2.39 bits per heavy atom. The molecule has 1 aromatic heterocycles. The van der Waals surface area contributed by atoms with Crippen molar-refractivity contribution in [1.29, 1.82) is 0 Å². The Hall–Kier alpha value is -3.31. The summed E-state index contributed by atoms with van der Waals surface area (Å²) in [6.45, 7) is 0. The van der Waals surface area contributed by atoms with E-state index < -0.39 is 32.7 Å². The van der Waals surface area contributed by atoms with Crippen LogP contribution in [-0.4, -0.2) is 19.4 Å². The fourth-order valence-electron chi connectivity index (χ4n) is 2.49. The molecule has 12 heteroatoms. The van der Waals surface area contributed by atoms with Crippen LogP contribution in [0.5, 0.6) is 0 Å². The summed E-state index contributed by atoms with van der Waals surface area (Å²) in [5.74, 6) is 0. The van der Waals surface area contributed by atoms with Crippen molar-refractivity contribution in [1.82, 2.24) is 9.71 Å². The van der Waals surface area contributed by atoms with Crippen molar-refractivity contribution in [3.63, 3.8) is 0 Å². The molecule has 3 rings (SSSR count). The molecule has 0 aliphatic heterocycles. The Kier molecular flexibility index (Phi) is 6.37. The molecule has 0 aliphatic rings. The van der Waals surface area contributed by atoms with E-state index >= 15 is 0 Å². The number of carbonyl (C=O) groups is 1. The Labute approximate surface area is 180 Å². The Morgan fingerprint density at radius 2 is 1.71 bits per heavy atom. The smallest absolute Gasteiger partial charge is 0.354 e. The number of hydrogen-bond donors (Lipinski definition) is 3. The third kappa shape index (κ3) is 5.86. The van der Waals surface area contributed by atoms with Crippen molar-refractivity contribution in [2.75, 3.05) is 10.6 Å². The number of anilines is 3. The molecule has 0 spiro atoms. The fourth-order valence-corrected chi connectivity index (χ4v) is 3.63. The first-order chi connectivity index (χ1) is 14.5. The van der Waals surface area contributed by atoms with Gasteiger partial charge in [-0.25, -0.2) is 17.9 Å². The molecule has 3 aromatic rings. The molecule has 0 fully saturated rings. The number of sulfonamides is 1. The maximum Gasteiger partial charge on any atom is 0.416 e. The highest BCUT2D eigenvalue weighted by Gasteiger charge is 2.30. The highest BCUT2D eigenvalue weighted by atomic mass is 35.5. The number of nitrogens with one attached hydrogen (secondary N) is 3. The Bertz CT molecular complexity index is 1200. The molecule has 0 bridgehead atoms. The van der Waals surface area contributed by atoms with Crippen LogP contribution in [-0.2, 0) is 16.2 Å². The van der Waals surface area contributed by atoms with Crippen LogP contribution in [0.2, 0.25) is 5.02 Å². The number of benzene rings is 2. The average molecular weight is 471 g/mol. The molecule has 0 aliphatic carbocycles. The van der Waals surface area contributed by atoms with E-state index in [1.54, 1.807) is 0 Å². The number of aromatic nitrogens is 1. The van der Waals surface area contributed by atoms with Crippen LogP contribution in [0.15, 0.2) is 71.9 Å². The minimum Gasteiger partial charge on any atom is -0.354 e. The van der Waals surface area contributed by atoms with Gasteiger partial charge in [-0.1, -0.05) is 17.7 Å². The lowest BCUT2D eigenvalue weighted by Crippen LogP contribution is -2.34. The number of carbonyl (C=O) groups excluding carboxylic acids is 1. The van der Waals surface area contributed by atoms with Crippen LogP contribution in [0.3, 0.4) is 0 Å². The fraction of sp³-hybridized carbons (Fsp3) is 0.0526. The summed E-state index contributed by atoms with van der Waals surface area (Å²) < 4.78 is 65.9. The molecule has 0 saturated heterocycles. The zero-order chi connectivity index (χ0) is 22.6. The van der Waals surface area contributed by atoms with Gasteiger partial charge < -0.3 is 10.6 Å². The predicted octanol–water partition coefficient (Wildman–Crippen LogP) is 5.01. The van der Waals surface area contributed by atoms with Gasteiger partial charge in [0, 0.05) is 28.8 Å². The number of hydrogen-bond acceptors (Lipinski definition) is 5. The van der Waals surface area contributed by atoms with Gasteiger partial charge in [-0.15, -0.1) is 0 Å². The first-order valence-electron chi connectivity index (χ1n) is 8.52. The molecule has 31 heavy (non-hydrogen) atoms. The molecule has 1 heterocycles. The van der Waals surface area contributed by atoms with Gasteiger partial charge in [0.2, 0.25) is 0 Å². The lowest BCUT2D eigenvalue weighted by Gasteiger charge is -2.14. The summed E-state index contributed by atoms with van der Waals surface area (Å²) in [6.07, 6.45) is -2.34.